The number of hydrogen-bond donors (Lipinski definition) is 0. The van der Waals surface area contributed by atoms with E-state index in [0.29, 0.717) is 6.10 Å². The zero-order valence-corrected chi connectivity index (χ0v) is 6.43. The zero-order valence-electron chi connectivity index (χ0n) is 6.43. The third-order valence-electron chi connectivity index (χ3n) is 2.41. The second-order valence-corrected chi connectivity index (χ2v) is 3.33. The van der Waals surface area contributed by atoms with Gasteiger partial charge in [0.1, 0.15) is 0 Å². The minimum Gasteiger partial charge on any atom is -0.350 e. The second-order valence-electron chi connectivity index (χ2n) is 3.33. The minimum atomic E-state index is -0.139. The number of hydrogen-bond acceptors (Lipinski definition) is 2. The minimum absolute atomic E-state index is 0.139. The lowest BCUT2D eigenvalue weighted by molar-refractivity contribution is -0.195. The van der Waals surface area contributed by atoms with Crippen molar-refractivity contribution in [2.75, 3.05) is 6.61 Å². The molecule has 0 amide bonds. The van der Waals surface area contributed by atoms with E-state index in [2.05, 4.69) is 6.92 Å². The van der Waals surface area contributed by atoms with Crippen LogP contribution in [0.5, 0.6) is 0 Å². The summed E-state index contributed by atoms with van der Waals surface area (Å²) in [6, 6.07) is 0. The van der Waals surface area contributed by atoms with Gasteiger partial charge in [0.05, 0.1) is 12.7 Å². The summed E-state index contributed by atoms with van der Waals surface area (Å²) in [5.74, 6) is -0.139. The Morgan fingerprint density at radius 1 is 1.40 bits per heavy atom. The van der Waals surface area contributed by atoms with Gasteiger partial charge in [-0.3, -0.25) is 0 Å². The van der Waals surface area contributed by atoms with Crippen LogP contribution in [0, 0.1) is 0 Å². The normalized spacial score (nSPS) is 47.1. The van der Waals surface area contributed by atoms with Crippen molar-refractivity contribution >= 4 is 0 Å². The molecule has 2 heteroatoms. The van der Waals surface area contributed by atoms with Gasteiger partial charge in [0.15, 0.2) is 5.79 Å². The molecule has 2 rings (SSSR count). The van der Waals surface area contributed by atoms with Gasteiger partial charge in [-0.1, -0.05) is 0 Å². The maximum absolute atomic E-state index is 5.69. The van der Waals surface area contributed by atoms with E-state index in [1.54, 1.807) is 0 Å². The van der Waals surface area contributed by atoms with Gasteiger partial charge in [0, 0.05) is 12.8 Å². The lowest BCUT2D eigenvalue weighted by atomic mass is 10.1. The van der Waals surface area contributed by atoms with E-state index in [-0.39, 0.29) is 5.79 Å². The highest BCUT2D eigenvalue weighted by Crippen LogP contribution is 2.38. The molecule has 2 saturated heterocycles. The Balaban J connectivity index is 2.03. The third kappa shape index (κ3) is 0.956. The van der Waals surface area contributed by atoms with Gasteiger partial charge in [-0.05, 0) is 19.8 Å². The molecule has 0 bridgehead atoms. The van der Waals surface area contributed by atoms with Crippen molar-refractivity contribution in [1.82, 2.24) is 0 Å². The first-order valence-electron chi connectivity index (χ1n) is 4.13. The summed E-state index contributed by atoms with van der Waals surface area (Å²) in [7, 11) is 0. The molecule has 2 aliphatic rings. The Hall–Kier alpha value is -0.0800. The van der Waals surface area contributed by atoms with E-state index in [4.69, 9.17) is 9.47 Å². The van der Waals surface area contributed by atoms with Gasteiger partial charge in [-0.15, -0.1) is 0 Å². The molecule has 58 valence electrons. The first-order chi connectivity index (χ1) is 4.81. The third-order valence-corrected chi connectivity index (χ3v) is 2.41. The molecule has 2 atom stereocenters. The monoisotopic (exact) mass is 142 g/mol. The molecule has 0 aromatic carbocycles. The Bertz CT molecular complexity index is 127. The van der Waals surface area contributed by atoms with Gasteiger partial charge >= 0.3 is 0 Å². The topological polar surface area (TPSA) is 18.5 Å². The Kier molecular flexibility index (Phi) is 1.46. The van der Waals surface area contributed by atoms with Crippen LogP contribution in [0.3, 0.4) is 0 Å². The Labute approximate surface area is 61.5 Å². The fourth-order valence-electron chi connectivity index (χ4n) is 1.87. The van der Waals surface area contributed by atoms with E-state index >= 15 is 0 Å². The second kappa shape index (κ2) is 2.21. The van der Waals surface area contributed by atoms with Gasteiger partial charge in [0.2, 0.25) is 0 Å². The van der Waals surface area contributed by atoms with Crippen LogP contribution in [0.15, 0.2) is 0 Å². The highest BCUT2D eigenvalue weighted by Gasteiger charge is 2.42. The van der Waals surface area contributed by atoms with Crippen molar-refractivity contribution < 1.29 is 9.47 Å². The molecule has 0 radical (unpaired) electrons. The average Bonchev–Trinajstić information content (AvgIpc) is 2.46. The molecule has 0 aliphatic carbocycles. The molecule has 2 aliphatic heterocycles. The largest absolute Gasteiger partial charge is 0.350 e. The van der Waals surface area contributed by atoms with Crippen LogP contribution in [-0.4, -0.2) is 18.5 Å². The molecule has 2 fully saturated rings. The SMILES string of the molecule is CC1CCC2(CCCO2)O1. The molecule has 1 spiro atoms. The summed E-state index contributed by atoms with van der Waals surface area (Å²) < 4.78 is 11.2. The van der Waals surface area contributed by atoms with Crippen molar-refractivity contribution in [1.29, 1.82) is 0 Å². The first kappa shape index (κ1) is 6.62. The lowest BCUT2D eigenvalue weighted by Crippen LogP contribution is -2.26. The van der Waals surface area contributed by atoms with Crippen LogP contribution in [0.2, 0.25) is 0 Å². The highest BCUT2D eigenvalue weighted by atomic mass is 16.7. The van der Waals surface area contributed by atoms with Gasteiger partial charge < -0.3 is 9.47 Å². The predicted octanol–water partition coefficient (Wildman–Crippen LogP) is 1.69. The van der Waals surface area contributed by atoms with Crippen molar-refractivity contribution in [3.05, 3.63) is 0 Å². The molecule has 2 nitrogen and oxygen atoms in total. The fourth-order valence-corrected chi connectivity index (χ4v) is 1.87. The fraction of sp³-hybridized carbons (Fsp3) is 1.00. The van der Waals surface area contributed by atoms with Crippen molar-refractivity contribution in [2.24, 2.45) is 0 Å². The van der Waals surface area contributed by atoms with Gasteiger partial charge in [0.25, 0.3) is 0 Å². The zero-order chi connectivity index (χ0) is 7.03. The van der Waals surface area contributed by atoms with Crippen LogP contribution >= 0.6 is 0 Å². The molecule has 0 N–H and O–H groups in total. The number of ether oxygens (including phenoxy) is 2. The molecule has 2 unspecified atom stereocenters. The molecular weight excluding hydrogens is 128 g/mol. The molecule has 0 saturated carbocycles. The number of rotatable bonds is 0. The van der Waals surface area contributed by atoms with Crippen LogP contribution in [0.25, 0.3) is 0 Å². The van der Waals surface area contributed by atoms with Crippen LogP contribution < -0.4 is 0 Å². The van der Waals surface area contributed by atoms with Crippen LogP contribution in [-0.2, 0) is 9.47 Å². The van der Waals surface area contributed by atoms with E-state index in [9.17, 15) is 0 Å². The van der Waals surface area contributed by atoms with Crippen LogP contribution in [0.1, 0.15) is 32.6 Å². The molecule has 0 aromatic heterocycles. The maximum Gasteiger partial charge on any atom is 0.168 e. The standard InChI is InChI=1S/C8H14O2/c1-7-3-5-8(10-7)4-2-6-9-8/h7H,2-6H2,1H3. The smallest absolute Gasteiger partial charge is 0.168 e. The maximum atomic E-state index is 5.69. The molecule has 2 heterocycles. The summed E-state index contributed by atoms with van der Waals surface area (Å²) in [6.45, 7) is 3.02. The van der Waals surface area contributed by atoms with Gasteiger partial charge in [-0.25, -0.2) is 0 Å². The average molecular weight is 142 g/mol. The summed E-state index contributed by atoms with van der Waals surface area (Å²) in [5.41, 5.74) is 0. The Morgan fingerprint density at radius 3 is 2.80 bits per heavy atom. The summed E-state index contributed by atoms with van der Waals surface area (Å²) >= 11 is 0. The predicted molar refractivity (Wildman–Crippen MR) is 37.7 cm³/mol. The lowest BCUT2D eigenvalue weighted by Gasteiger charge is -2.21. The van der Waals surface area contributed by atoms with Crippen molar-refractivity contribution in [3.8, 4) is 0 Å². The quantitative estimate of drug-likeness (QED) is 0.512. The van der Waals surface area contributed by atoms with E-state index < -0.39 is 0 Å². The summed E-state index contributed by atoms with van der Waals surface area (Å²) in [5, 5.41) is 0. The molecular formula is C8H14O2. The first-order valence-corrected chi connectivity index (χ1v) is 4.13. The van der Waals surface area contributed by atoms with E-state index in [0.717, 1.165) is 19.4 Å². The molecule has 10 heavy (non-hydrogen) atoms. The van der Waals surface area contributed by atoms with Gasteiger partial charge in [-0.2, -0.15) is 0 Å². The van der Waals surface area contributed by atoms with Crippen molar-refractivity contribution in [2.45, 2.75) is 44.5 Å². The van der Waals surface area contributed by atoms with E-state index in [1.807, 2.05) is 0 Å². The van der Waals surface area contributed by atoms with E-state index in [1.165, 1.54) is 12.8 Å². The summed E-state index contributed by atoms with van der Waals surface area (Å²) in [4.78, 5) is 0. The van der Waals surface area contributed by atoms with Crippen LogP contribution in [0.4, 0.5) is 0 Å². The Morgan fingerprint density at radius 2 is 2.30 bits per heavy atom. The summed E-state index contributed by atoms with van der Waals surface area (Å²) in [6.07, 6.45) is 4.97. The highest BCUT2D eigenvalue weighted by molar-refractivity contribution is 4.82. The molecule has 0 aromatic rings. The van der Waals surface area contributed by atoms with Crippen molar-refractivity contribution in [3.63, 3.8) is 0 Å².